The summed E-state index contributed by atoms with van der Waals surface area (Å²) >= 11 is 1.42. The Morgan fingerprint density at radius 3 is 2.78 bits per heavy atom. The van der Waals surface area contributed by atoms with Crippen LogP contribution in [0.3, 0.4) is 0 Å². The lowest BCUT2D eigenvalue weighted by molar-refractivity contribution is -0.145. The second-order valence-corrected chi connectivity index (χ2v) is 7.03. The van der Waals surface area contributed by atoms with Crippen LogP contribution in [-0.2, 0) is 16.1 Å². The summed E-state index contributed by atoms with van der Waals surface area (Å²) in [6.45, 7) is 1.79. The molecule has 3 rings (SSSR count). The Balaban J connectivity index is 1.49. The molecule has 1 aromatic carbocycles. The predicted octanol–water partition coefficient (Wildman–Crippen LogP) is 3.82. The lowest BCUT2D eigenvalue weighted by Gasteiger charge is -2.01. The summed E-state index contributed by atoms with van der Waals surface area (Å²) in [7, 11) is 1.57. The van der Waals surface area contributed by atoms with Gasteiger partial charge in [-0.15, -0.1) is 11.3 Å². The number of hydrogen-bond acceptors (Lipinski definition) is 8. The molecule has 0 N–H and O–H groups in total. The molecule has 0 aliphatic rings. The molecule has 8 heteroatoms. The molecule has 0 unspecified atom stereocenters. The van der Waals surface area contributed by atoms with Gasteiger partial charge < -0.3 is 14.0 Å². The minimum absolute atomic E-state index is 0.00661. The highest BCUT2D eigenvalue weighted by atomic mass is 32.1. The number of ketones is 1. The number of aryl methyl sites for hydroxylation is 1. The Labute approximate surface area is 159 Å². The monoisotopic (exact) mass is 386 g/mol. The maximum absolute atomic E-state index is 12.0. The standard InChI is InChI=1S/C19H18N2O5S/c1-12-6-8-16(27-12)15(22)7-9-18(23)25-11-17-20-19(21-26-17)13-4-3-5-14(10-13)24-2/h3-6,8,10H,7,9,11H2,1-2H3. The summed E-state index contributed by atoms with van der Waals surface area (Å²) < 4.78 is 15.4. The summed E-state index contributed by atoms with van der Waals surface area (Å²) in [6.07, 6.45) is 0.115. The van der Waals surface area contributed by atoms with Crippen molar-refractivity contribution in [1.29, 1.82) is 0 Å². The van der Waals surface area contributed by atoms with Crippen molar-refractivity contribution in [2.75, 3.05) is 7.11 Å². The fourth-order valence-corrected chi connectivity index (χ4v) is 3.17. The van der Waals surface area contributed by atoms with E-state index in [0.29, 0.717) is 16.5 Å². The first-order valence-electron chi connectivity index (χ1n) is 8.27. The Morgan fingerprint density at radius 1 is 1.19 bits per heavy atom. The summed E-state index contributed by atoms with van der Waals surface area (Å²) in [5, 5.41) is 3.87. The topological polar surface area (TPSA) is 91.5 Å². The van der Waals surface area contributed by atoms with Gasteiger partial charge in [0, 0.05) is 16.9 Å². The molecule has 0 fully saturated rings. The Hall–Kier alpha value is -3.00. The zero-order valence-electron chi connectivity index (χ0n) is 14.9. The van der Waals surface area contributed by atoms with E-state index in [1.165, 1.54) is 11.3 Å². The van der Waals surface area contributed by atoms with E-state index >= 15 is 0 Å². The summed E-state index contributed by atoms with van der Waals surface area (Å²) in [5.41, 5.74) is 0.729. The molecule has 0 amide bonds. The summed E-state index contributed by atoms with van der Waals surface area (Å²) in [6, 6.07) is 10.9. The number of carbonyl (C=O) groups excluding carboxylic acids is 2. The van der Waals surface area contributed by atoms with E-state index in [1.54, 1.807) is 19.2 Å². The van der Waals surface area contributed by atoms with Crippen molar-refractivity contribution in [2.45, 2.75) is 26.4 Å². The maximum atomic E-state index is 12.0. The number of rotatable bonds is 8. The third kappa shape index (κ3) is 5.01. The molecule has 3 aromatic rings. The third-order valence-electron chi connectivity index (χ3n) is 3.72. The van der Waals surface area contributed by atoms with Gasteiger partial charge in [0.1, 0.15) is 5.75 Å². The number of hydrogen-bond donors (Lipinski definition) is 0. The SMILES string of the molecule is COc1cccc(-c2noc(COC(=O)CCC(=O)c3ccc(C)s3)n2)c1. The van der Waals surface area contributed by atoms with Crippen LogP contribution >= 0.6 is 11.3 Å². The van der Waals surface area contributed by atoms with Crippen LogP contribution < -0.4 is 4.74 Å². The zero-order valence-corrected chi connectivity index (χ0v) is 15.7. The first-order valence-corrected chi connectivity index (χ1v) is 9.09. The Bertz CT molecular complexity index is 947. The van der Waals surface area contributed by atoms with E-state index in [9.17, 15) is 9.59 Å². The zero-order chi connectivity index (χ0) is 19.2. The maximum Gasteiger partial charge on any atom is 0.306 e. The predicted molar refractivity (Wildman–Crippen MR) is 98.7 cm³/mol. The number of ether oxygens (including phenoxy) is 2. The van der Waals surface area contributed by atoms with Gasteiger partial charge in [-0.25, -0.2) is 0 Å². The van der Waals surface area contributed by atoms with Crippen LogP contribution in [0.1, 0.15) is 33.3 Å². The minimum Gasteiger partial charge on any atom is -0.497 e. The second kappa shape index (κ2) is 8.59. The van der Waals surface area contributed by atoms with E-state index in [2.05, 4.69) is 10.1 Å². The minimum atomic E-state index is -0.488. The van der Waals surface area contributed by atoms with Crippen LogP contribution in [0.5, 0.6) is 5.75 Å². The van der Waals surface area contributed by atoms with Crippen LogP contribution in [0.15, 0.2) is 40.9 Å². The molecule has 0 bridgehead atoms. The quantitative estimate of drug-likeness (QED) is 0.429. The summed E-state index contributed by atoms with van der Waals surface area (Å²) in [5.74, 6) is 0.682. The lowest BCUT2D eigenvalue weighted by Crippen LogP contribution is -2.07. The first-order chi connectivity index (χ1) is 13.0. The molecule has 2 aromatic heterocycles. The number of benzene rings is 1. The van der Waals surface area contributed by atoms with Gasteiger partial charge in [0.15, 0.2) is 12.4 Å². The average Bonchev–Trinajstić information content (AvgIpc) is 3.33. The Morgan fingerprint density at radius 2 is 2.04 bits per heavy atom. The molecule has 7 nitrogen and oxygen atoms in total. The number of carbonyl (C=O) groups is 2. The van der Waals surface area contributed by atoms with Gasteiger partial charge in [0.25, 0.3) is 5.89 Å². The van der Waals surface area contributed by atoms with Crippen LogP contribution in [0.2, 0.25) is 0 Å². The molecule has 27 heavy (non-hydrogen) atoms. The van der Waals surface area contributed by atoms with Gasteiger partial charge >= 0.3 is 5.97 Å². The molecule has 0 saturated heterocycles. The smallest absolute Gasteiger partial charge is 0.306 e. The van der Waals surface area contributed by atoms with Crippen molar-refractivity contribution in [1.82, 2.24) is 10.1 Å². The van der Waals surface area contributed by atoms with Crippen LogP contribution in [0.4, 0.5) is 0 Å². The fourth-order valence-electron chi connectivity index (χ4n) is 2.33. The number of aromatic nitrogens is 2. The molecule has 2 heterocycles. The van der Waals surface area contributed by atoms with E-state index in [-0.39, 0.29) is 31.1 Å². The molecular formula is C19H18N2O5S. The molecule has 0 saturated carbocycles. The van der Waals surface area contributed by atoms with Gasteiger partial charge in [-0.2, -0.15) is 4.98 Å². The van der Waals surface area contributed by atoms with Crippen molar-refractivity contribution in [2.24, 2.45) is 0 Å². The Kier molecular flexibility index (Phi) is 5.97. The first kappa shape index (κ1) is 18.8. The van der Waals surface area contributed by atoms with Crippen molar-refractivity contribution in [3.63, 3.8) is 0 Å². The van der Waals surface area contributed by atoms with Crippen LogP contribution in [-0.4, -0.2) is 29.0 Å². The average molecular weight is 386 g/mol. The number of nitrogens with zero attached hydrogens (tertiary/aromatic N) is 2. The molecule has 0 aliphatic carbocycles. The van der Waals surface area contributed by atoms with Gasteiger partial charge in [0.2, 0.25) is 5.82 Å². The summed E-state index contributed by atoms with van der Waals surface area (Å²) in [4.78, 5) is 29.8. The normalized spacial score (nSPS) is 10.6. The fraction of sp³-hybridized carbons (Fsp3) is 0.263. The van der Waals surface area contributed by atoms with Gasteiger partial charge in [-0.05, 0) is 31.2 Å². The van der Waals surface area contributed by atoms with Gasteiger partial charge in [0.05, 0.1) is 18.4 Å². The number of esters is 1. The number of Topliss-reactive ketones (excluding diaryl/α,β-unsaturated/α-hetero) is 1. The molecule has 0 atom stereocenters. The van der Waals surface area contributed by atoms with E-state index < -0.39 is 5.97 Å². The number of methoxy groups -OCH3 is 1. The highest BCUT2D eigenvalue weighted by molar-refractivity contribution is 7.14. The third-order valence-corrected chi connectivity index (χ3v) is 4.77. The van der Waals surface area contributed by atoms with Crippen molar-refractivity contribution < 1.29 is 23.6 Å². The molecule has 0 aliphatic heterocycles. The molecule has 0 radical (unpaired) electrons. The lowest BCUT2D eigenvalue weighted by atomic mass is 10.2. The van der Waals surface area contributed by atoms with Crippen LogP contribution in [0.25, 0.3) is 11.4 Å². The highest BCUT2D eigenvalue weighted by Crippen LogP contribution is 2.21. The highest BCUT2D eigenvalue weighted by Gasteiger charge is 2.14. The van der Waals surface area contributed by atoms with E-state index in [1.807, 2.05) is 31.2 Å². The van der Waals surface area contributed by atoms with E-state index in [4.69, 9.17) is 14.0 Å². The van der Waals surface area contributed by atoms with E-state index in [0.717, 1.165) is 10.4 Å². The second-order valence-electron chi connectivity index (χ2n) is 5.74. The van der Waals surface area contributed by atoms with Crippen molar-refractivity contribution >= 4 is 23.1 Å². The van der Waals surface area contributed by atoms with Crippen molar-refractivity contribution in [3.05, 3.63) is 52.0 Å². The van der Waals surface area contributed by atoms with Gasteiger partial charge in [-0.3, -0.25) is 9.59 Å². The molecular weight excluding hydrogens is 368 g/mol. The largest absolute Gasteiger partial charge is 0.497 e. The molecule has 140 valence electrons. The number of thiophene rings is 1. The van der Waals surface area contributed by atoms with Crippen LogP contribution in [0, 0.1) is 6.92 Å². The van der Waals surface area contributed by atoms with Gasteiger partial charge in [-0.1, -0.05) is 17.3 Å². The molecule has 0 spiro atoms. The van der Waals surface area contributed by atoms with Crippen molar-refractivity contribution in [3.8, 4) is 17.1 Å².